The van der Waals surface area contributed by atoms with Crippen LogP contribution in [0.4, 0.5) is 0 Å². The van der Waals surface area contributed by atoms with Crippen LogP contribution in [0.1, 0.15) is 30.1 Å². The summed E-state index contributed by atoms with van der Waals surface area (Å²) in [6.07, 6.45) is 3.23. The van der Waals surface area contributed by atoms with E-state index in [0.717, 1.165) is 35.9 Å². The average Bonchev–Trinajstić information content (AvgIpc) is 3.33. The number of nitrogens with one attached hydrogen (secondary N) is 1. The second-order valence-corrected chi connectivity index (χ2v) is 10.2. The number of hydrogen-bond acceptors (Lipinski definition) is 3. The molecule has 2 aliphatic rings. The lowest BCUT2D eigenvalue weighted by Gasteiger charge is -2.24. The molecule has 1 saturated heterocycles. The molecule has 1 N–H and O–H groups in total. The van der Waals surface area contributed by atoms with E-state index in [2.05, 4.69) is 34.1 Å². The number of hydrogen-bond donors (Lipinski definition) is 1. The van der Waals surface area contributed by atoms with E-state index < -0.39 is 9.84 Å². The van der Waals surface area contributed by atoms with Crippen molar-refractivity contribution in [3.8, 4) is 5.69 Å². The fourth-order valence-electron chi connectivity index (χ4n) is 5.15. The maximum absolute atomic E-state index is 13.3. The van der Waals surface area contributed by atoms with Gasteiger partial charge in [-0.2, -0.15) is 0 Å². The van der Waals surface area contributed by atoms with Crippen LogP contribution in [0.15, 0.2) is 88.7 Å². The van der Waals surface area contributed by atoms with Crippen molar-refractivity contribution >= 4 is 33.1 Å². The molecular weight excluding hydrogens is 428 g/mol. The smallest absolute Gasteiger partial charge is 0.206 e. The van der Waals surface area contributed by atoms with E-state index in [1.807, 2.05) is 24.3 Å². The van der Waals surface area contributed by atoms with Gasteiger partial charge in [-0.25, -0.2) is 8.42 Å². The van der Waals surface area contributed by atoms with Crippen LogP contribution in [-0.2, 0) is 16.3 Å². The summed E-state index contributed by atoms with van der Waals surface area (Å²) in [7, 11) is -3.56. The summed E-state index contributed by atoms with van der Waals surface area (Å²) in [6.45, 7) is 0. The maximum Gasteiger partial charge on any atom is 0.206 e. The molecule has 2 aliphatic heterocycles. The van der Waals surface area contributed by atoms with Crippen LogP contribution in [-0.4, -0.2) is 19.0 Å². The number of halogens is 1. The Morgan fingerprint density at radius 3 is 2.29 bits per heavy atom. The number of aromatic nitrogens is 1. The van der Waals surface area contributed by atoms with E-state index in [-0.39, 0.29) is 12.4 Å². The first kappa shape index (κ1) is 20.3. The summed E-state index contributed by atoms with van der Waals surface area (Å²) in [6, 6.07) is 25.5. The zero-order valence-corrected chi connectivity index (χ0v) is 18.5. The Morgan fingerprint density at radius 1 is 0.839 bits per heavy atom. The first-order valence-electron chi connectivity index (χ1n) is 10.4. The van der Waals surface area contributed by atoms with Gasteiger partial charge in [-0.05, 0) is 60.9 Å². The Labute approximate surface area is 188 Å². The topological polar surface area (TPSA) is 51.1 Å². The normalized spacial score (nSPS) is 19.7. The Morgan fingerprint density at radius 2 is 1.55 bits per heavy atom. The van der Waals surface area contributed by atoms with Crippen molar-refractivity contribution in [3.05, 3.63) is 90.1 Å². The molecule has 3 aromatic carbocycles. The number of para-hydroxylation sites is 1. The highest BCUT2D eigenvalue weighted by Gasteiger charge is 2.37. The molecule has 158 valence electrons. The average molecular weight is 451 g/mol. The standard InChI is InChI=1S/C25H22N2O2S.ClH/c28-30(29,19-9-5-2-6-10-19)20-12-14-23-21(16-20)25-22-13-11-17(26-22)15-24(25)27(23)18-7-3-1-4-8-18;/h1-10,12,14,16-17,22,26H,11,13,15H2;1H. The molecule has 4 nitrogen and oxygen atoms in total. The molecule has 6 heteroatoms. The lowest BCUT2D eigenvalue weighted by Crippen LogP contribution is -2.32. The van der Waals surface area contributed by atoms with Crippen molar-refractivity contribution in [3.63, 3.8) is 0 Å². The Hall–Kier alpha value is -2.60. The molecule has 4 aromatic rings. The molecular formula is C25H23ClN2O2S. The van der Waals surface area contributed by atoms with E-state index in [1.54, 1.807) is 30.3 Å². The molecule has 2 bridgehead atoms. The number of sulfone groups is 1. The van der Waals surface area contributed by atoms with Crippen molar-refractivity contribution in [1.82, 2.24) is 9.88 Å². The molecule has 0 aliphatic carbocycles. The second kappa shape index (κ2) is 7.52. The largest absolute Gasteiger partial charge is 0.313 e. The summed E-state index contributed by atoms with van der Waals surface area (Å²) in [5, 5.41) is 4.78. The van der Waals surface area contributed by atoms with Crippen LogP contribution in [0.25, 0.3) is 16.6 Å². The van der Waals surface area contributed by atoms with E-state index in [4.69, 9.17) is 0 Å². The quantitative estimate of drug-likeness (QED) is 0.464. The van der Waals surface area contributed by atoms with Crippen LogP contribution in [0.5, 0.6) is 0 Å². The van der Waals surface area contributed by atoms with Gasteiger partial charge in [0, 0.05) is 35.3 Å². The van der Waals surface area contributed by atoms with Crippen molar-refractivity contribution < 1.29 is 8.42 Å². The predicted octanol–water partition coefficient (Wildman–Crippen LogP) is 5.23. The monoisotopic (exact) mass is 450 g/mol. The van der Waals surface area contributed by atoms with Gasteiger partial charge >= 0.3 is 0 Å². The minimum absolute atomic E-state index is 0. The van der Waals surface area contributed by atoms with Crippen LogP contribution in [0.2, 0.25) is 0 Å². The zero-order chi connectivity index (χ0) is 20.3. The SMILES string of the molecule is Cl.O=S(=O)(c1ccccc1)c1ccc2c(c1)c1c(n2-c2ccccc2)CC2CCC1N2. The van der Waals surface area contributed by atoms with E-state index in [0.29, 0.717) is 21.9 Å². The summed E-state index contributed by atoms with van der Waals surface area (Å²) >= 11 is 0. The Bertz CT molecular complexity index is 1370. The first-order valence-corrected chi connectivity index (χ1v) is 11.9. The van der Waals surface area contributed by atoms with Crippen molar-refractivity contribution in [2.75, 3.05) is 0 Å². The molecule has 31 heavy (non-hydrogen) atoms. The highest BCUT2D eigenvalue weighted by molar-refractivity contribution is 7.91. The lowest BCUT2D eigenvalue weighted by molar-refractivity contribution is 0.508. The Kier molecular flexibility index (Phi) is 4.93. The number of fused-ring (bicyclic) bond motifs is 6. The molecule has 0 amide bonds. The van der Waals surface area contributed by atoms with Gasteiger partial charge < -0.3 is 9.88 Å². The second-order valence-electron chi connectivity index (χ2n) is 8.22. The number of nitrogens with zero attached hydrogens (tertiary/aromatic N) is 1. The summed E-state index contributed by atoms with van der Waals surface area (Å²) in [4.78, 5) is 0.689. The summed E-state index contributed by atoms with van der Waals surface area (Å²) in [5.41, 5.74) is 4.79. The first-order chi connectivity index (χ1) is 14.6. The van der Waals surface area contributed by atoms with Gasteiger partial charge in [0.15, 0.2) is 0 Å². The van der Waals surface area contributed by atoms with Crippen LogP contribution in [0.3, 0.4) is 0 Å². The Balaban J connectivity index is 0.00000204. The third-order valence-corrected chi connectivity index (χ3v) is 8.25. The molecule has 1 aromatic heterocycles. The minimum Gasteiger partial charge on any atom is -0.313 e. The third-order valence-electron chi connectivity index (χ3n) is 6.49. The predicted molar refractivity (Wildman–Crippen MR) is 125 cm³/mol. The van der Waals surface area contributed by atoms with Gasteiger partial charge in [0.1, 0.15) is 0 Å². The van der Waals surface area contributed by atoms with Gasteiger partial charge in [-0.15, -0.1) is 12.4 Å². The van der Waals surface area contributed by atoms with Crippen LogP contribution in [0, 0.1) is 0 Å². The highest BCUT2D eigenvalue weighted by atomic mass is 35.5. The lowest BCUT2D eigenvalue weighted by atomic mass is 9.99. The summed E-state index contributed by atoms with van der Waals surface area (Å²) < 4.78 is 28.8. The van der Waals surface area contributed by atoms with Crippen molar-refractivity contribution in [2.45, 2.75) is 41.1 Å². The van der Waals surface area contributed by atoms with Crippen molar-refractivity contribution in [1.29, 1.82) is 0 Å². The van der Waals surface area contributed by atoms with Gasteiger partial charge in [0.25, 0.3) is 0 Å². The molecule has 2 atom stereocenters. The van der Waals surface area contributed by atoms with Crippen molar-refractivity contribution in [2.24, 2.45) is 0 Å². The molecule has 0 spiro atoms. The van der Waals surface area contributed by atoms with Gasteiger partial charge in [0.05, 0.1) is 15.3 Å². The zero-order valence-electron chi connectivity index (χ0n) is 16.9. The van der Waals surface area contributed by atoms with E-state index in [9.17, 15) is 8.42 Å². The third kappa shape index (κ3) is 3.11. The fraction of sp³-hybridized carbons (Fsp3) is 0.200. The molecule has 3 heterocycles. The van der Waals surface area contributed by atoms with E-state index in [1.165, 1.54) is 11.3 Å². The summed E-state index contributed by atoms with van der Waals surface area (Å²) in [5.74, 6) is 0. The molecule has 2 unspecified atom stereocenters. The van der Waals surface area contributed by atoms with Crippen LogP contribution < -0.4 is 5.32 Å². The molecule has 1 fully saturated rings. The number of rotatable bonds is 3. The van der Waals surface area contributed by atoms with Gasteiger partial charge in [-0.1, -0.05) is 36.4 Å². The van der Waals surface area contributed by atoms with E-state index >= 15 is 0 Å². The molecule has 0 saturated carbocycles. The molecule has 0 radical (unpaired) electrons. The molecule has 6 rings (SSSR count). The van der Waals surface area contributed by atoms with Gasteiger partial charge in [-0.3, -0.25) is 0 Å². The van der Waals surface area contributed by atoms with Crippen LogP contribution >= 0.6 is 12.4 Å². The highest BCUT2D eigenvalue weighted by Crippen LogP contribution is 2.43. The minimum atomic E-state index is -3.56. The van der Waals surface area contributed by atoms with Gasteiger partial charge in [0.2, 0.25) is 9.84 Å². The maximum atomic E-state index is 13.3. The number of benzene rings is 3. The fourth-order valence-corrected chi connectivity index (χ4v) is 6.46.